The summed E-state index contributed by atoms with van der Waals surface area (Å²) < 4.78 is 8.39. The maximum atomic E-state index is 11.3. The number of imidazole rings is 1. The maximum absolute atomic E-state index is 11.3. The Morgan fingerprint density at radius 2 is 1.95 bits per heavy atom. The maximum Gasteiger partial charge on any atom is 0.229 e. The minimum Gasteiger partial charge on any atom is -0.508 e. The van der Waals surface area contributed by atoms with Gasteiger partial charge in [0.2, 0.25) is 5.91 Å². The van der Waals surface area contributed by atoms with Crippen molar-refractivity contribution in [3.05, 3.63) is 58.9 Å². The number of aromatic nitrogens is 3. The van der Waals surface area contributed by atoms with Gasteiger partial charge in [0.15, 0.2) is 5.82 Å². The molecule has 0 bridgehead atoms. The molecule has 0 spiro atoms. The molecule has 0 saturated heterocycles. The van der Waals surface area contributed by atoms with Gasteiger partial charge in [-0.3, -0.25) is 4.79 Å². The van der Waals surface area contributed by atoms with Crippen LogP contribution in [0.25, 0.3) is 21.9 Å². The number of nitrogen functional groups attached to an aromatic ring is 1. The van der Waals surface area contributed by atoms with Crippen molar-refractivity contribution in [1.29, 1.82) is 0 Å². The lowest BCUT2D eigenvalue weighted by atomic mass is 10.1. The number of aryl methyl sites for hydroxylation is 2. The Labute approximate surface area is 230 Å². The summed E-state index contributed by atoms with van der Waals surface area (Å²) in [5, 5.41) is 13.8. The molecule has 196 valence electrons. The van der Waals surface area contributed by atoms with Gasteiger partial charge >= 0.3 is 0 Å². The lowest BCUT2D eigenvalue weighted by Gasteiger charge is -2.13. The van der Waals surface area contributed by atoms with Gasteiger partial charge in [0.1, 0.15) is 17.1 Å². The number of nitrogens with two attached hydrogens (primary N) is 1. The van der Waals surface area contributed by atoms with Crippen LogP contribution < -0.4 is 11.1 Å². The highest BCUT2D eigenvalue weighted by Gasteiger charge is 2.18. The predicted molar refractivity (Wildman–Crippen MR) is 156 cm³/mol. The third-order valence-electron chi connectivity index (χ3n) is 6.43. The summed E-state index contributed by atoms with van der Waals surface area (Å²) in [6, 6.07) is 12.0. The third-order valence-corrected chi connectivity index (χ3v) is 7.12. The number of nitrogens with one attached hydrogen (secondary N) is 1. The summed E-state index contributed by atoms with van der Waals surface area (Å²) in [5.74, 6) is 1.74. The van der Waals surface area contributed by atoms with Crippen LogP contribution in [0.2, 0.25) is 0 Å². The molecule has 0 aliphatic carbocycles. The second kappa shape index (κ2) is 12.6. The van der Waals surface area contributed by atoms with Gasteiger partial charge in [0.25, 0.3) is 0 Å². The summed E-state index contributed by atoms with van der Waals surface area (Å²) in [6.45, 7) is 6.28. The molecule has 0 aliphatic rings. The zero-order chi connectivity index (χ0) is 26.4. The lowest BCUT2D eigenvalue weighted by Crippen LogP contribution is -2.28. The van der Waals surface area contributed by atoms with Crippen LogP contribution in [0.1, 0.15) is 42.3 Å². The number of carbonyl (C=O) groups excluding carboxylic acids is 1. The first kappa shape index (κ1) is 27.1. The molecule has 0 radical (unpaired) electrons. The Bertz CT molecular complexity index is 1400. The zero-order valence-corrected chi connectivity index (χ0v) is 23.5. The lowest BCUT2D eigenvalue weighted by molar-refractivity contribution is -0.118. The van der Waals surface area contributed by atoms with Crippen molar-refractivity contribution in [3.63, 3.8) is 0 Å². The Kier molecular flexibility index (Phi) is 9.20. The first-order chi connectivity index (χ1) is 17.9. The molecular weight excluding hydrogens is 581 g/mol. The molecule has 0 saturated carbocycles. The van der Waals surface area contributed by atoms with Crippen LogP contribution in [0.5, 0.6) is 5.75 Å². The van der Waals surface area contributed by atoms with E-state index in [1.807, 2.05) is 41.6 Å². The summed E-state index contributed by atoms with van der Waals surface area (Å²) in [7, 11) is 0. The molecule has 9 heteroatoms. The number of benzene rings is 2. The number of ether oxygens (including phenoxy) is 1. The number of alkyl halides is 1. The predicted octanol–water partition coefficient (Wildman–Crippen LogP) is 4.68. The van der Waals surface area contributed by atoms with E-state index in [-0.39, 0.29) is 5.91 Å². The van der Waals surface area contributed by atoms with Crippen LogP contribution >= 0.6 is 22.6 Å². The number of fused-ring (bicyclic) bond motifs is 3. The molecule has 0 atom stereocenters. The average molecular weight is 616 g/mol. The molecule has 4 rings (SSSR count). The van der Waals surface area contributed by atoms with Gasteiger partial charge in [-0.15, -0.1) is 0 Å². The van der Waals surface area contributed by atoms with E-state index in [4.69, 9.17) is 20.4 Å². The van der Waals surface area contributed by atoms with E-state index in [0.717, 1.165) is 70.1 Å². The van der Waals surface area contributed by atoms with Crippen LogP contribution in [0, 0.1) is 6.92 Å². The second-order valence-corrected chi connectivity index (χ2v) is 9.99. The van der Waals surface area contributed by atoms with Gasteiger partial charge in [-0.25, -0.2) is 9.97 Å². The molecule has 2 heterocycles. The normalized spacial score (nSPS) is 11.4. The minimum absolute atomic E-state index is 0.0198. The molecule has 2 aromatic heterocycles. The Hall–Kier alpha value is -2.92. The van der Waals surface area contributed by atoms with Crippen LogP contribution in [-0.2, 0) is 28.9 Å². The van der Waals surface area contributed by atoms with Gasteiger partial charge in [-0.2, -0.15) is 0 Å². The van der Waals surface area contributed by atoms with E-state index >= 15 is 0 Å². The Balaban J connectivity index is 1.62. The fourth-order valence-corrected chi connectivity index (χ4v) is 4.73. The number of carbonyl (C=O) groups is 1. The van der Waals surface area contributed by atoms with Crippen molar-refractivity contribution in [3.8, 4) is 5.75 Å². The molecule has 37 heavy (non-hydrogen) atoms. The number of phenolic OH excluding ortho intramolecular Hbond substituents is 1. The standard InChI is InChI=1S/C28H34IN5O3/c1-3-4-5-24-33-26-27(34(24)17-20-7-9-23(35)18(2)14-20)21-8-6-19(15-22(21)32-28(26)30)10-12-37-13-11-31-25(36)16-29/h6-9,14-15,35H,3-5,10-13,16-17H2,1-2H3,(H2,30,32)(H,31,36). The molecule has 4 aromatic rings. The van der Waals surface area contributed by atoms with Gasteiger partial charge in [0.05, 0.1) is 28.7 Å². The molecule has 1 amide bonds. The average Bonchev–Trinajstić information content (AvgIpc) is 3.25. The van der Waals surface area contributed by atoms with Crippen molar-refractivity contribution in [2.45, 2.75) is 46.1 Å². The second-order valence-electron chi connectivity index (χ2n) is 9.23. The van der Waals surface area contributed by atoms with Crippen LogP contribution in [0.15, 0.2) is 36.4 Å². The SMILES string of the molecule is CCCCc1nc2c(N)nc3cc(CCOCCNC(=O)CI)ccc3c2n1Cc1ccc(O)c(C)c1. The number of phenols is 1. The fraction of sp³-hybridized carbons (Fsp3) is 0.393. The minimum atomic E-state index is 0.0198. The van der Waals surface area contributed by atoms with Crippen molar-refractivity contribution < 1.29 is 14.6 Å². The number of hydrogen-bond acceptors (Lipinski definition) is 6. The Morgan fingerprint density at radius 3 is 2.70 bits per heavy atom. The number of halogens is 1. The number of hydrogen-bond donors (Lipinski definition) is 3. The largest absolute Gasteiger partial charge is 0.508 e. The summed E-state index contributed by atoms with van der Waals surface area (Å²) in [5.41, 5.74) is 12.1. The molecular formula is C28H34IN5O3. The Morgan fingerprint density at radius 1 is 1.14 bits per heavy atom. The van der Waals surface area contributed by atoms with Gasteiger partial charge in [0, 0.05) is 24.9 Å². The number of unbranched alkanes of at least 4 members (excludes halogenated alkanes) is 1. The number of rotatable bonds is 12. The van der Waals surface area contributed by atoms with Crippen molar-refractivity contribution >= 4 is 56.3 Å². The van der Waals surface area contributed by atoms with Crippen LogP contribution in [0.4, 0.5) is 5.82 Å². The van der Waals surface area contributed by atoms with Crippen LogP contribution in [-0.4, -0.2) is 49.7 Å². The van der Waals surface area contributed by atoms with Gasteiger partial charge in [-0.05, 0) is 48.6 Å². The van der Waals surface area contributed by atoms with E-state index in [0.29, 0.717) is 42.3 Å². The zero-order valence-electron chi connectivity index (χ0n) is 21.4. The highest BCUT2D eigenvalue weighted by Crippen LogP contribution is 2.31. The highest BCUT2D eigenvalue weighted by atomic mass is 127. The summed E-state index contributed by atoms with van der Waals surface area (Å²) in [4.78, 5) is 20.9. The first-order valence-electron chi connectivity index (χ1n) is 12.7. The van der Waals surface area contributed by atoms with E-state index in [9.17, 15) is 9.90 Å². The number of nitrogens with zero attached hydrogens (tertiary/aromatic N) is 3. The highest BCUT2D eigenvalue weighted by molar-refractivity contribution is 14.1. The van der Waals surface area contributed by atoms with E-state index in [1.54, 1.807) is 6.07 Å². The van der Waals surface area contributed by atoms with Crippen LogP contribution in [0.3, 0.4) is 0 Å². The summed E-state index contributed by atoms with van der Waals surface area (Å²) >= 11 is 2.04. The fourth-order valence-electron chi connectivity index (χ4n) is 4.46. The molecule has 4 N–H and O–H groups in total. The molecule has 2 aromatic carbocycles. The smallest absolute Gasteiger partial charge is 0.229 e. The number of pyridine rings is 1. The topological polar surface area (TPSA) is 115 Å². The molecule has 0 unspecified atom stereocenters. The van der Waals surface area contributed by atoms with E-state index in [2.05, 4.69) is 35.0 Å². The van der Waals surface area contributed by atoms with Gasteiger partial charge < -0.3 is 25.5 Å². The molecule has 0 fully saturated rings. The van der Waals surface area contributed by atoms with Crippen molar-refractivity contribution in [1.82, 2.24) is 19.9 Å². The number of aromatic hydroxyl groups is 1. The number of amides is 1. The van der Waals surface area contributed by atoms with Gasteiger partial charge in [-0.1, -0.05) is 60.2 Å². The third kappa shape index (κ3) is 6.51. The monoisotopic (exact) mass is 615 g/mol. The van der Waals surface area contributed by atoms with E-state index in [1.165, 1.54) is 0 Å². The summed E-state index contributed by atoms with van der Waals surface area (Å²) in [6.07, 6.45) is 3.71. The number of anilines is 1. The van der Waals surface area contributed by atoms with Crippen molar-refractivity contribution in [2.75, 3.05) is 29.9 Å². The quantitative estimate of drug-likeness (QED) is 0.121. The first-order valence-corrected chi connectivity index (χ1v) is 14.2. The molecule has 0 aliphatic heterocycles. The van der Waals surface area contributed by atoms with Crippen molar-refractivity contribution in [2.24, 2.45) is 0 Å². The van der Waals surface area contributed by atoms with E-state index < -0.39 is 0 Å². The molecule has 8 nitrogen and oxygen atoms in total.